The molecule has 3 aliphatic rings. The highest BCUT2D eigenvalue weighted by Crippen LogP contribution is 2.51. The highest BCUT2D eigenvalue weighted by atomic mass is 16.5. The molecule has 1 aliphatic carbocycles. The van der Waals surface area contributed by atoms with E-state index in [9.17, 15) is 9.59 Å². The van der Waals surface area contributed by atoms with Gasteiger partial charge >= 0.3 is 0 Å². The van der Waals surface area contributed by atoms with E-state index in [1.807, 2.05) is 60.4 Å². The van der Waals surface area contributed by atoms with Crippen LogP contribution in [0.5, 0.6) is 11.5 Å². The molecule has 2 aromatic carbocycles. The van der Waals surface area contributed by atoms with Crippen LogP contribution in [0.3, 0.4) is 0 Å². The summed E-state index contributed by atoms with van der Waals surface area (Å²) in [6.45, 7) is 5.69. The molecule has 0 radical (unpaired) electrons. The van der Waals surface area contributed by atoms with Crippen molar-refractivity contribution in [2.24, 2.45) is 5.41 Å². The summed E-state index contributed by atoms with van der Waals surface area (Å²) in [6.07, 6.45) is 4.78. The van der Waals surface area contributed by atoms with Crippen LogP contribution in [0, 0.1) is 5.41 Å². The fourth-order valence-corrected chi connectivity index (χ4v) is 5.71. The Bertz CT molecular complexity index is 1040. The molecular formula is C28H34N2O4. The lowest BCUT2D eigenvalue weighted by Gasteiger charge is -2.39. The average Bonchev–Trinajstić information content (AvgIpc) is 3.60. The van der Waals surface area contributed by atoms with Crippen molar-refractivity contribution < 1.29 is 19.1 Å². The Labute approximate surface area is 201 Å². The summed E-state index contributed by atoms with van der Waals surface area (Å²) in [5.41, 5.74) is 1.61. The van der Waals surface area contributed by atoms with Crippen LogP contribution in [0.25, 0.3) is 0 Å². The average molecular weight is 463 g/mol. The quantitative estimate of drug-likeness (QED) is 0.643. The van der Waals surface area contributed by atoms with E-state index in [0.717, 1.165) is 75.3 Å². The van der Waals surface area contributed by atoms with E-state index in [2.05, 4.69) is 4.90 Å². The first-order valence-corrected chi connectivity index (χ1v) is 12.4. The van der Waals surface area contributed by atoms with Gasteiger partial charge in [0.25, 0.3) is 5.91 Å². The van der Waals surface area contributed by atoms with Gasteiger partial charge in [0.2, 0.25) is 5.91 Å². The van der Waals surface area contributed by atoms with Crippen molar-refractivity contribution >= 4 is 11.8 Å². The Morgan fingerprint density at radius 3 is 1.97 bits per heavy atom. The van der Waals surface area contributed by atoms with Gasteiger partial charge in [-0.15, -0.1) is 0 Å². The third kappa shape index (κ3) is 4.15. The van der Waals surface area contributed by atoms with Crippen LogP contribution >= 0.6 is 0 Å². The number of rotatable bonds is 6. The lowest BCUT2D eigenvalue weighted by molar-refractivity contribution is -0.133. The van der Waals surface area contributed by atoms with Crippen LogP contribution < -0.4 is 9.47 Å². The zero-order valence-corrected chi connectivity index (χ0v) is 20.2. The Balaban J connectivity index is 1.19. The Kier molecular flexibility index (Phi) is 6.00. The number of nitrogens with zero attached hydrogens (tertiary/aromatic N) is 2. The smallest absolute Gasteiger partial charge is 0.253 e. The van der Waals surface area contributed by atoms with Crippen molar-refractivity contribution in [3.8, 4) is 11.5 Å². The summed E-state index contributed by atoms with van der Waals surface area (Å²) in [5, 5.41) is 0. The van der Waals surface area contributed by atoms with Gasteiger partial charge in [0, 0.05) is 31.7 Å². The fourth-order valence-electron chi connectivity index (χ4n) is 5.71. The van der Waals surface area contributed by atoms with Crippen molar-refractivity contribution in [1.82, 2.24) is 9.80 Å². The maximum absolute atomic E-state index is 13.6. The summed E-state index contributed by atoms with van der Waals surface area (Å²) in [7, 11) is 1.66. The van der Waals surface area contributed by atoms with E-state index < -0.39 is 0 Å². The van der Waals surface area contributed by atoms with Gasteiger partial charge in [-0.25, -0.2) is 0 Å². The molecule has 6 nitrogen and oxygen atoms in total. The highest BCUT2D eigenvalue weighted by molar-refractivity contribution is 5.94. The van der Waals surface area contributed by atoms with Crippen molar-refractivity contribution in [2.45, 2.75) is 44.4 Å². The van der Waals surface area contributed by atoms with Gasteiger partial charge in [-0.1, -0.05) is 12.1 Å². The van der Waals surface area contributed by atoms with E-state index in [4.69, 9.17) is 9.47 Å². The zero-order valence-electron chi connectivity index (χ0n) is 20.2. The topological polar surface area (TPSA) is 59.1 Å². The predicted molar refractivity (Wildman–Crippen MR) is 130 cm³/mol. The summed E-state index contributed by atoms with van der Waals surface area (Å²) < 4.78 is 10.8. The highest BCUT2D eigenvalue weighted by Gasteiger charge is 2.55. The molecular weight excluding hydrogens is 428 g/mol. The second-order valence-corrected chi connectivity index (χ2v) is 10.0. The normalized spacial score (nSPS) is 20.3. The first-order valence-electron chi connectivity index (χ1n) is 12.4. The monoisotopic (exact) mass is 462 g/mol. The Morgan fingerprint density at radius 1 is 0.824 bits per heavy atom. The first-order chi connectivity index (χ1) is 16.5. The van der Waals surface area contributed by atoms with Crippen LogP contribution in [0.2, 0.25) is 0 Å². The molecule has 6 heteroatoms. The molecule has 0 unspecified atom stereocenters. The number of amides is 2. The largest absolute Gasteiger partial charge is 0.497 e. The Hall–Kier alpha value is -3.02. The second kappa shape index (κ2) is 8.97. The SMILES string of the molecule is CCOc1ccc(C(=O)N2CCC3(CC2)CCN(C(=O)C2(c4ccc(OC)cc4)CC2)C3)cc1. The molecule has 0 N–H and O–H groups in total. The van der Waals surface area contributed by atoms with Crippen molar-refractivity contribution in [1.29, 1.82) is 0 Å². The summed E-state index contributed by atoms with van der Waals surface area (Å²) in [4.78, 5) is 30.6. The third-order valence-corrected chi connectivity index (χ3v) is 8.05. The summed E-state index contributed by atoms with van der Waals surface area (Å²) in [5.74, 6) is 1.97. The van der Waals surface area contributed by atoms with Crippen LogP contribution in [0.15, 0.2) is 48.5 Å². The number of carbonyl (C=O) groups excluding carboxylic acids is 2. The maximum atomic E-state index is 13.6. The molecule has 180 valence electrons. The number of likely N-dealkylation sites (tertiary alicyclic amines) is 2. The standard InChI is InChI=1S/C28H34N2O4/c1-3-34-24-8-4-21(5-9-24)25(31)29-17-14-27(15-18-29)16-19-30(20-27)26(32)28(12-13-28)22-6-10-23(33-2)11-7-22/h4-11H,3,12-20H2,1-2H3. The number of benzene rings is 2. The van der Waals surface area contributed by atoms with Gasteiger partial charge in [0.1, 0.15) is 11.5 Å². The van der Waals surface area contributed by atoms with Crippen LogP contribution in [0.4, 0.5) is 0 Å². The van der Waals surface area contributed by atoms with Crippen LogP contribution in [0.1, 0.15) is 54.9 Å². The minimum absolute atomic E-state index is 0.0836. The molecule has 5 rings (SSSR count). The number of piperidine rings is 1. The van der Waals surface area contributed by atoms with Crippen LogP contribution in [-0.2, 0) is 10.2 Å². The van der Waals surface area contributed by atoms with Gasteiger partial charge in [0.15, 0.2) is 0 Å². The lowest BCUT2D eigenvalue weighted by Crippen LogP contribution is -2.45. The molecule has 34 heavy (non-hydrogen) atoms. The maximum Gasteiger partial charge on any atom is 0.253 e. The van der Waals surface area contributed by atoms with Crippen LogP contribution in [-0.4, -0.2) is 61.5 Å². The molecule has 0 aromatic heterocycles. The number of hydrogen-bond donors (Lipinski definition) is 0. The molecule has 2 amide bonds. The number of ether oxygens (including phenoxy) is 2. The molecule has 2 aliphatic heterocycles. The molecule has 2 saturated heterocycles. The fraction of sp³-hybridized carbons (Fsp3) is 0.500. The lowest BCUT2D eigenvalue weighted by atomic mass is 9.77. The molecule has 2 aromatic rings. The zero-order chi connectivity index (χ0) is 23.8. The van der Waals surface area contributed by atoms with E-state index in [1.165, 1.54) is 0 Å². The molecule has 3 fully saturated rings. The number of hydrogen-bond acceptors (Lipinski definition) is 4. The minimum Gasteiger partial charge on any atom is -0.497 e. The van der Waals surface area contributed by atoms with E-state index in [0.29, 0.717) is 12.2 Å². The second-order valence-electron chi connectivity index (χ2n) is 10.0. The van der Waals surface area contributed by atoms with Gasteiger partial charge in [0.05, 0.1) is 19.1 Å². The first kappa shape index (κ1) is 22.8. The summed E-state index contributed by atoms with van der Waals surface area (Å²) >= 11 is 0. The van der Waals surface area contributed by atoms with Gasteiger partial charge in [-0.2, -0.15) is 0 Å². The summed E-state index contributed by atoms with van der Waals surface area (Å²) in [6, 6.07) is 15.4. The van der Waals surface area contributed by atoms with Crippen molar-refractivity contribution in [3.63, 3.8) is 0 Å². The predicted octanol–water partition coefficient (Wildman–Crippen LogP) is 4.28. The van der Waals surface area contributed by atoms with Gasteiger partial charge in [-0.05, 0) is 86.4 Å². The Morgan fingerprint density at radius 2 is 1.41 bits per heavy atom. The van der Waals surface area contributed by atoms with Gasteiger partial charge in [-0.3, -0.25) is 9.59 Å². The number of carbonyl (C=O) groups is 2. The van der Waals surface area contributed by atoms with Crippen molar-refractivity contribution in [2.75, 3.05) is 39.9 Å². The molecule has 1 spiro atoms. The van der Waals surface area contributed by atoms with E-state index in [1.54, 1.807) is 7.11 Å². The van der Waals surface area contributed by atoms with E-state index in [-0.39, 0.29) is 22.6 Å². The van der Waals surface area contributed by atoms with Crippen molar-refractivity contribution in [3.05, 3.63) is 59.7 Å². The number of methoxy groups -OCH3 is 1. The molecule has 2 heterocycles. The third-order valence-electron chi connectivity index (χ3n) is 8.05. The molecule has 0 bridgehead atoms. The minimum atomic E-state index is -0.345. The van der Waals surface area contributed by atoms with E-state index >= 15 is 0 Å². The molecule has 0 atom stereocenters. The van der Waals surface area contributed by atoms with Gasteiger partial charge < -0.3 is 19.3 Å². The molecule has 1 saturated carbocycles.